The van der Waals surface area contributed by atoms with Crippen molar-refractivity contribution in [1.29, 1.82) is 0 Å². The second-order valence-corrected chi connectivity index (χ2v) is 5.19. The number of amides is 1. The van der Waals surface area contributed by atoms with Crippen LogP contribution in [0.4, 0.5) is 0 Å². The minimum absolute atomic E-state index is 0.0278. The summed E-state index contributed by atoms with van der Waals surface area (Å²) in [5, 5.41) is 11.1. The smallest absolute Gasteiger partial charge is 0.254 e. The van der Waals surface area contributed by atoms with Gasteiger partial charge in [-0.3, -0.25) is 4.79 Å². The fourth-order valence-corrected chi connectivity index (χ4v) is 2.74. The van der Waals surface area contributed by atoms with Gasteiger partial charge in [-0.05, 0) is 47.9 Å². The molecule has 1 atom stereocenters. The second kappa shape index (κ2) is 6.01. The van der Waals surface area contributed by atoms with Crippen LogP contribution >= 0.6 is 0 Å². The van der Waals surface area contributed by atoms with Crippen LogP contribution in [-0.2, 0) is 0 Å². The van der Waals surface area contributed by atoms with Gasteiger partial charge in [-0.15, -0.1) is 5.10 Å². The van der Waals surface area contributed by atoms with E-state index in [-0.39, 0.29) is 11.9 Å². The molecular formula is C14H18N6O. The highest BCUT2D eigenvalue weighted by Crippen LogP contribution is 2.20. The lowest BCUT2D eigenvalue weighted by Crippen LogP contribution is -2.47. The lowest BCUT2D eigenvalue weighted by Gasteiger charge is -2.35. The molecule has 110 valence electrons. The average molecular weight is 286 g/mol. The van der Waals surface area contributed by atoms with Crippen LogP contribution in [0.3, 0.4) is 0 Å². The first kappa shape index (κ1) is 13.7. The third-order valence-electron chi connectivity index (χ3n) is 3.87. The predicted octanol–water partition coefficient (Wildman–Crippen LogP) is 0.616. The van der Waals surface area contributed by atoms with Crippen molar-refractivity contribution < 1.29 is 4.79 Å². The molecule has 1 aliphatic heterocycles. The van der Waals surface area contributed by atoms with E-state index in [9.17, 15) is 4.79 Å². The summed E-state index contributed by atoms with van der Waals surface area (Å²) in [5.41, 5.74) is 7.20. The molecule has 0 radical (unpaired) electrons. The van der Waals surface area contributed by atoms with Gasteiger partial charge in [0, 0.05) is 24.7 Å². The van der Waals surface area contributed by atoms with Crippen LogP contribution in [0, 0.1) is 0 Å². The van der Waals surface area contributed by atoms with Gasteiger partial charge < -0.3 is 10.6 Å². The monoisotopic (exact) mass is 286 g/mol. The molecule has 7 nitrogen and oxygen atoms in total. The van der Waals surface area contributed by atoms with E-state index >= 15 is 0 Å². The number of piperidine rings is 1. The summed E-state index contributed by atoms with van der Waals surface area (Å²) in [6, 6.07) is 7.47. The first-order chi connectivity index (χ1) is 10.3. The Balaban J connectivity index is 1.86. The minimum Gasteiger partial charge on any atom is -0.334 e. The largest absolute Gasteiger partial charge is 0.334 e. The third kappa shape index (κ3) is 2.78. The normalized spacial score (nSPS) is 18.7. The van der Waals surface area contributed by atoms with Crippen molar-refractivity contribution in [3.05, 3.63) is 36.2 Å². The predicted molar refractivity (Wildman–Crippen MR) is 76.9 cm³/mol. The maximum absolute atomic E-state index is 12.7. The fraction of sp³-hybridized carbons (Fsp3) is 0.429. The van der Waals surface area contributed by atoms with Crippen LogP contribution in [-0.4, -0.2) is 50.1 Å². The van der Waals surface area contributed by atoms with E-state index in [4.69, 9.17) is 5.73 Å². The third-order valence-corrected chi connectivity index (χ3v) is 3.87. The van der Waals surface area contributed by atoms with Crippen LogP contribution in [0.25, 0.3) is 5.69 Å². The van der Waals surface area contributed by atoms with Crippen molar-refractivity contribution in [1.82, 2.24) is 25.1 Å². The number of nitrogens with zero attached hydrogens (tertiary/aromatic N) is 5. The molecule has 0 bridgehead atoms. The molecular weight excluding hydrogens is 268 g/mol. The van der Waals surface area contributed by atoms with Gasteiger partial charge in [0.15, 0.2) is 0 Å². The number of nitrogens with two attached hydrogens (primary N) is 1. The van der Waals surface area contributed by atoms with Gasteiger partial charge in [0.25, 0.3) is 5.91 Å². The second-order valence-electron chi connectivity index (χ2n) is 5.19. The summed E-state index contributed by atoms with van der Waals surface area (Å²) in [6.45, 7) is 1.29. The van der Waals surface area contributed by atoms with E-state index in [0.29, 0.717) is 12.1 Å². The highest BCUT2D eigenvalue weighted by Gasteiger charge is 2.26. The molecule has 0 aliphatic carbocycles. The average Bonchev–Trinajstić information content (AvgIpc) is 3.09. The Morgan fingerprint density at radius 1 is 1.38 bits per heavy atom. The van der Waals surface area contributed by atoms with Crippen LogP contribution in [0.1, 0.15) is 29.6 Å². The molecule has 2 N–H and O–H groups in total. The zero-order valence-electron chi connectivity index (χ0n) is 11.7. The number of benzene rings is 1. The van der Waals surface area contributed by atoms with Gasteiger partial charge in [-0.25, -0.2) is 4.68 Å². The van der Waals surface area contributed by atoms with Crippen molar-refractivity contribution >= 4 is 5.91 Å². The van der Waals surface area contributed by atoms with Gasteiger partial charge in [0.2, 0.25) is 0 Å². The Morgan fingerprint density at radius 2 is 2.29 bits per heavy atom. The summed E-state index contributed by atoms with van der Waals surface area (Å²) in [5.74, 6) is 0.0278. The molecule has 1 saturated heterocycles. The molecule has 7 heteroatoms. The topological polar surface area (TPSA) is 89.9 Å². The van der Waals surface area contributed by atoms with Crippen molar-refractivity contribution in [2.24, 2.45) is 5.73 Å². The Labute approximate surface area is 122 Å². The quantitative estimate of drug-likeness (QED) is 0.893. The highest BCUT2D eigenvalue weighted by molar-refractivity contribution is 5.95. The van der Waals surface area contributed by atoms with Crippen LogP contribution in [0.5, 0.6) is 0 Å². The molecule has 1 aliphatic rings. The molecule has 2 heterocycles. The number of carbonyl (C=O) groups excluding carboxylic acids is 1. The molecule has 2 aromatic rings. The zero-order chi connectivity index (χ0) is 14.7. The van der Waals surface area contributed by atoms with Gasteiger partial charge >= 0.3 is 0 Å². The number of rotatable bonds is 3. The van der Waals surface area contributed by atoms with Gasteiger partial charge in [0.1, 0.15) is 6.33 Å². The Morgan fingerprint density at radius 3 is 3.05 bits per heavy atom. The first-order valence-electron chi connectivity index (χ1n) is 7.14. The number of tetrazole rings is 1. The van der Waals surface area contributed by atoms with Crippen LogP contribution < -0.4 is 5.73 Å². The Bertz CT molecular complexity index is 612. The summed E-state index contributed by atoms with van der Waals surface area (Å²) in [4.78, 5) is 14.6. The van der Waals surface area contributed by atoms with E-state index in [1.165, 1.54) is 11.0 Å². The van der Waals surface area contributed by atoms with Crippen molar-refractivity contribution in [3.8, 4) is 5.69 Å². The number of likely N-dealkylation sites (tertiary alicyclic amines) is 1. The van der Waals surface area contributed by atoms with E-state index < -0.39 is 0 Å². The van der Waals surface area contributed by atoms with Gasteiger partial charge in [0.05, 0.1) is 5.69 Å². The fourth-order valence-electron chi connectivity index (χ4n) is 2.74. The summed E-state index contributed by atoms with van der Waals surface area (Å²) < 4.78 is 1.54. The molecule has 0 spiro atoms. The lowest BCUT2D eigenvalue weighted by atomic mass is 10.0. The maximum atomic E-state index is 12.7. The molecule has 1 fully saturated rings. The summed E-state index contributed by atoms with van der Waals surface area (Å²) in [6.07, 6.45) is 4.66. The SMILES string of the molecule is NCC1CCCCN1C(=O)c1cccc(-n2cnnn2)c1. The van der Waals surface area contributed by atoms with E-state index in [0.717, 1.165) is 31.5 Å². The standard InChI is InChI=1S/C14H18N6O/c15-9-13-5-1-2-7-19(13)14(21)11-4-3-6-12(8-11)20-10-16-17-18-20/h3-4,6,8,10,13H,1-2,5,7,9,15H2. The van der Waals surface area contributed by atoms with E-state index in [1.807, 2.05) is 23.1 Å². The van der Waals surface area contributed by atoms with Crippen molar-refractivity contribution in [3.63, 3.8) is 0 Å². The zero-order valence-corrected chi connectivity index (χ0v) is 11.7. The van der Waals surface area contributed by atoms with Crippen molar-refractivity contribution in [2.75, 3.05) is 13.1 Å². The minimum atomic E-state index is 0.0278. The van der Waals surface area contributed by atoms with E-state index in [2.05, 4.69) is 15.5 Å². The molecule has 0 saturated carbocycles. The molecule has 1 aromatic heterocycles. The highest BCUT2D eigenvalue weighted by atomic mass is 16.2. The van der Waals surface area contributed by atoms with Crippen LogP contribution in [0.2, 0.25) is 0 Å². The molecule has 1 unspecified atom stereocenters. The number of carbonyl (C=O) groups is 1. The summed E-state index contributed by atoms with van der Waals surface area (Å²) >= 11 is 0. The number of hydrogen-bond donors (Lipinski definition) is 1. The van der Waals surface area contributed by atoms with Crippen molar-refractivity contribution in [2.45, 2.75) is 25.3 Å². The lowest BCUT2D eigenvalue weighted by molar-refractivity contribution is 0.0623. The number of hydrogen-bond acceptors (Lipinski definition) is 5. The molecule has 1 aromatic carbocycles. The number of aromatic nitrogens is 4. The Hall–Kier alpha value is -2.28. The van der Waals surface area contributed by atoms with E-state index in [1.54, 1.807) is 6.07 Å². The van der Waals surface area contributed by atoms with Gasteiger partial charge in [-0.2, -0.15) is 0 Å². The molecule has 3 rings (SSSR count). The molecule has 21 heavy (non-hydrogen) atoms. The molecule has 1 amide bonds. The van der Waals surface area contributed by atoms with Crippen LogP contribution in [0.15, 0.2) is 30.6 Å². The maximum Gasteiger partial charge on any atom is 0.254 e. The summed E-state index contributed by atoms with van der Waals surface area (Å²) in [7, 11) is 0. The van der Waals surface area contributed by atoms with Gasteiger partial charge in [-0.1, -0.05) is 6.07 Å². The first-order valence-corrected chi connectivity index (χ1v) is 7.14. The Kier molecular flexibility index (Phi) is 3.92.